The SMILES string of the molecule is NC(=S)c1cc(F)c(NCCc2ccc(F)cc2)c(F)c1. The quantitative estimate of drug-likeness (QED) is 0.831. The lowest BCUT2D eigenvalue weighted by atomic mass is 10.1. The number of anilines is 1. The number of nitrogens with one attached hydrogen (secondary N) is 1. The monoisotopic (exact) mass is 310 g/mol. The standard InChI is InChI=1S/C15H13F3N2S/c16-11-3-1-9(2-4-11)5-6-20-14-12(17)7-10(15(19)21)8-13(14)18/h1-4,7-8,20H,5-6H2,(H2,19,21). The highest BCUT2D eigenvalue weighted by molar-refractivity contribution is 7.80. The molecule has 2 nitrogen and oxygen atoms in total. The molecule has 2 rings (SSSR count). The van der Waals surface area contributed by atoms with Gasteiger partial charge in [0.05, 0.1) is 0 Å². The van der Waals surface area contributed by atoms with Gasteiger partial charge in [0.15, 0.2) is 0 Å². The maximum Gasteiger partial charge on any atom is 0.150 e. The van der Waals surface area contributed by atoms with Crippen LogP contribution >= 0.6 is 12.2 Å². The molecule has 21 heavy (non-hydrogen) atoms. The first-order valence-corrected chi connectivity index (χ1v) is 6.65. The number of halogens is 3. The molecule has 0 fully saturated rings. The van der Waals surface area contributed by atoms with E-state index in [-0.39, 0.29) is 22.1 Å². The molecule has 0 atom stereocenters. The molecule has 0 aliphatic carbocycles. The summed E-state index contributed by atoms with van der Waals surface area (Å²) in [6, 6.07) is 8.11. The molecule has 0 unspecified atom stereocenters. The Morgan fingerprint density at radius 1 is 1.05 bits per heavy atom. The summed E-state index contributed by atoms with van der Waals surface area (Å²) in [7, 11) is 0. The first-order valence-electron chi connectivity index (χ1n) is 6.24. The van der Waals surface area contributed by atoms with E-state index in [2.05, 4.69) is 17.5 Å². The number of rotatable bonds is 5. The van der Waals surface area contributed by atoms with Crippen molar-refractivity contribution >= 4 is 22.9 Å². The van der Waals surface area contributed by atoms with Crippen LogP contribution in [0.25, 0.3) is 0 Å². The highest BCUT2D eigenvalue weighted by Crippen LogP contribution is 2.21. The third-order valence-corrected chi connectivity index (χ3v) is 3.19. The molecule has 0 heterocycles. The van der Waals surface area contributed by atoms with Crippen LogP contribution in [0.15, 0.2) is 36.4 Å². The molecular weight excluding hydrogens is 297 g/mol. The third-order valence-electron chi connectivity index (χ3n) is 2.96. The van der Waals surface area contributed by atoms with Crippen LogP contribution in [0, 0.1) is 17.5 Å². The van der Waals surface area contributed by atoms with Crippen LogP contribution in [0.3, 0.4) is 0 Å². The molecule has 0 bridgehead atoms. The van der Waals surface area contributed by atoms with Gasteiger partial charge in [0.2, 0.25) is 0 Å². The zero-order chi connectivity index (χ0) is 15.4. The Morgan fingerprint density at radius 3 is 2.14 bits per heavy atom. The lowest BCUT2D eigenvalue weighted by Gasteiger charge is -2.10. The molecular formula is C15H13F3N2S. The lowest BCUT2D eigenvalue weighted by molar-refractivity contribution is 0.587. The molecule has 0 saturated carbocycles. The Hall–Kier alpha value is -2.08. The summed E-state index contributed by atoms with van der Waals surface area (Å²) >= 11 is 4.68. The molecule has 3 N–H and O–H groups in total. The average molecular weight is 310 g/mol. The van der Waals surface area contributed by atoms with E-state index < -0.39 is 11.6 Å². The van der Waals surface area contributed by atoms with Crippen LogP contribution in [0.2, 0.25) is 0 Å². The minimum atomic E-state index is -0.753. The molecule has 0 aliphatic rings. The van der Waals surface area contributed by atoms with Gasteiger partial charge in [0.1, 0.15) is 28.1 Å². The van der Waals surface area contributed by atoms with Crippen molar-refractivity contribution in [1.82, 2.24) is 0 Å². The van der Waals surface area contributed by atoms with Crippen molar-refractivity contribution in [1.29, 1.82) is 0 Å². The first kappa shape index (κ1) is 15.3. The topological polar surface area (TPSA) is 38.0 Å². The zero-order valence-corrected chi connectivity index (χ0v) is 11.8. The predicted octanol–water partition coefficient (Wildman–Crippen LogP) is 3.39. The van der Waals surface area contributed by atoms with Crippen molar-refractivity contribution in [3.8, 4) is 0 Å². The Bertz CT molecular complexity index is 633. The minimum Gasteiger partial charge on any atom is -0.389 e. The predicted molar refractivity (Wildman–Crippen MR) is 80.8 cm³/mol. The van der Waals surface area contributed by atoms with Crippen molar-refractivity contribution in [3.63, 3.8) is 0 Å². The molecule has 0 saturated heterocycles. The number of hydrogen-bond acceptors (Lipinski definition) is 2. The molecule has 2 aromatic rings. The summed E-state index contributed by atoms with van der Waals surface area (Å²) in [5, 5.41) is 2.68. The maximum absolute atomic E-state index is 13.8. The van der Waals surface area contributed by atoms with E-state index >= 15 is 0 Å². The average Bonchev–Trinajstić information content (AvgIpc) is 2.43. The van der Waals surface area contributed by atoms with E-state index in [9.17, 15) is 13.2 Å². The van der Waals surface area contributed by atoms with Gasteiger partial charge in [-0.1, -0.05) is 24.4 Å². The zero-order valence-electron chi connectivity index (χ0n) is 11.0. The second-order valence-electron chi connectivity index (χ2n) is 4.48. The normalized spacial score (nSPS) is 10.4. The number of nitrogens with two attached hydrogens (primary N) is 1. The lowest BCUT2D eigenvalue weighted by Crippen LogP contribution is -2.13. The summed E-state index contributed by atoms with van der Waals surface area (Å²) in [5.41, 5.74) is 6.12. The summed E-state index contributed by atoms with van der Waals surface area (Å²) in [4.78, 5) is -0.0642. The van der Waals surface area contributed by atoms with Crippen LogP contribution in [0.4, 0.5) is 18.9 Å². The van der Waals surface area contributed by atoms with Crippen LogP contribution in [-0.4, -0.2) is 11.5 Å². The molecule has 0 amide bonds. The number of thiocarbonyl (C=S) groups is 1. The van der Waals surface area contributed by atoms with Gasteiger partial charge in [-0.2, -0.15) is 0 Å². The summed E-state index contributed by atoms with van der Waals surface area (Å²) in [6.07, 6.45) is 0.510. The summed E-state index contributed by atoms with van der Waals surface area (Å²) in [5.74, 6) is -1.83. The highest BCUT2D eigenvalue weighted by atomic mass is 32.1. The Balaban J connectivity index is 2.03. The Morgan fingerprint density at radius 2 is 1.62 bits per heavy atom. The smallest absolute Gasteiger partial charge is 0.150 e. The van der Waals surface area contributed by atoms with E-state index in [0.29, 0.717) is 13.0 Å². The van der Waals surface area contributed by atoms with Gasteiger partial charge in [-0.25, -0.2) is 13.2 Å². The fourth-order valence-electron chi connectivity index (χ4n) is 1.87. The second kappa shape index (κ2) is 6.58. The van der Waals surface area contributed by atoms with Gasteiger partial charge in [-0.05, 0) is 36.2 Å². The molecule has 2 aromatic carbocycles. The van der Waals surface area contributed by atoms with Crippen LogP contribution < -0.4 is 11.1 Å². The van der Waals surface area contributed by atoms with E-state index in [1.807, 2.05) is 0 Å². The van der Waals surface area contributed by atoms with E-state index in [1.54, 1.807) is 12.1 Å². The maximum atomic E-state index is 13.8. The van der Waals surface area contributed by atoms with Gasteiger partial charge in [0.25, 0.3) is 0 Å². The molecule has 0 radical (unpaired) electrons. The van der Waals surface area contributed by atoms with Gasteiger partial charge in [-0.3, -0.25) is 0 Å². The number of benzene rings is 2. The van der Waals surface area contributed by atoms with Crippen molar-refractivity contribution in [2.45, 2.75) is 6.42 Å². The summed E-state index contributed by atoms with van der Waals surface area (Å²) < 4.78 is 40.3. The van der Waals surface area contributed by atoms with Gasteiger partial charge in [0, 0.05) is 12.1 Å². The van der Waals surface area contributed by atoms with E-state index in [1.165, 1.54) is 12.1 Å². The Labute approximate surface area is 125 Å². The van der Waals surface area contributed by atoms with Crippen LogP contribution in [0.1, 0.15) is 11.1 Å². The number of hydrogen-bond donors (Lipinski definition) is 2. The fourth-order valence-corrected chi connectivity index (χ4v) is 1.99. The van der Waals surface area contributed by atoms with E-state index in [0.717, 1.165) is 17.7 Å². The highest BCUT2D eigenvalue weighted by Gasteiger charge is 2.12. The largest absolute Gasteiger partial charge is 0.389 e. The van der Waals surface area contributed by atoms with Crippen LogP contribution in [0.5, 0.6) is 0 Å². The molecule has 6 heteroatoms. The van der Waals surface area contributed by atoms with Crippen LogP contribution in [-0.2, 0) is 6.42 Å². The molecule has 0 spiro atoms. The summed E-state index contributed by atoms with van der Waals surface area (Å²) in [6.45, 7) is 0.311. The fraction of sp³-hybridized carbons (Fsp3) is 0.133. The van der Waals surface area contributed by atoms with Crippen molar-refractivity contribution < 1.29 is 13.2 Å². The van der Waals surface area contributed by atoms with Gasteiger partial charge >= 0.3 is 0 Å². The van der Waals surface area contributed by atoms with Crippen molar-refractivity contribution in [3.05, 3.63) is 65.0 Å². The van der Waals surface area contributed by atoms with Crippen molar-refractivity contribution in [2.24, 2.45) is 5.73 Å². The minimum absolute atomic E-state index is 0.0642. The third kappa shape index (κ3) is 3.95. The second-order valence-corrected chi connectivity index (χ2v) is 4.92. The van der Waals surface area contributed by atoms with Crippen molar-refractivity contribution in [2.75, 3.05) is 11.9 Å². The molecule has 0 aliphatic heterocycles. The molecule has 110 valence electrons. The van der Waals surface area contributed by atoms with Gasteiger partial charge in [-0.15, -0.1) is 0 Å². The molecule has 0 aromatic heterocycles. The first-order chi connectivity index (χ1) is 9.97. The Kier molecular flexibility index (Phi) is 4.80. The van der Waals surface area contributed by atoms with E-state index in [4.69, 9.17) is 5.73 Å². The van der Waals surface area contributed by atoms with Gasteiger partial charge < -0.3 is 11.1 Å².